The van der Waals surface area contributed by atoms with Gasteiger partial charge in [-0.15, -0.1) is 34.2 Å². The molecule has 0 radical (unpaired) electrons. The molecule has 11 heteroatoms. The minimum atomic E-state index is -3.37. The Morgan fingerprint density at radius 2 is 1.87 bits per heavy atom. The van der Waals surface area contributed by atoms with Crippen molar-refractivity contribution < 1.29 is 8.42 Å². The first kappa shape index (κ1) is 24.5. The lowest BCUT2D eigenvalue weighted by Gasteiger charge is -2.16. The summed E-state index contributed by atoms with van der Waals surface area (Å²) in [5.74, 6) is 1.64. The van der Waals surface area contributed by atoms with Gasteiger partial charge in [0.05, 0.1) is 4.90 Å². The number of aliphatic imine (C=N–C) groups is 1. The van der Waals surface area contributed by atoms with Gasteiger partial charge < -0.3 is 15.2 Å². The van der Waals surface area contributed by atoms with Gasteiger partial charge in [-0.1, -0.05) is 19.1 Å². The molecule has 9 nitrogen and oxygen atoms in total. The number of sulfonamides is 1. The van der Waals surface area contributed by atoms with Crippen molar-refractivity contribution in [3.05, 3.63) is 42.0 Å². The van der Waals surface area contributed by atoms with Crippen molar-refractivity contribution in [2.24, 2.45) is 4.99 Å². The van der Waals surface area contributed by atoms with Crippen LogP contribution in [0.15, 0.2) is 40.5 Å². The first-order valence-electron chi connectivity index (χ1n) is 9.95. The number of aromatic nitrogens is 3. The Labute approximate surface area is 195 Å². The van der Waals surface area contributed by atoms with Crippen molar-refractivity contribution in [1.82, 2.24) is 29.7 Å². The van der Waals surface area contributed by atoms with Gasteiger partial charge in [-0.3, -0.25) is 4.99 Å². The Morgan fingerprint density at radius 1 is 1.17 bits per heavy atom. The lowest BCUT2D eigenvalue weighted by atomic mass is 10.2. The van der Waals surface area contributed by atoms with Gasteiger partial charge in [0.2, 0.25) is 10.0 Å². The molecule has 0 unspecified atom stereocenters. The van der Waals surface area contributed by atoms with E-state index in [1.165, 1.54) is 0 Å². The summed E-state index contributed by atoms with van der Waals surface area (Å²) < 4.78 is 28.8. The van der Waals surface area contributed by atoms with E-state index < -0.39 is 10.0 Å². The van der Waals surface area contributed by atoms with Gasteiger partial charge in [0, 0.05) is 46.2 Å². The van der Waals surface area contributed by atoms with E-state index in [4.69, 9.17) is 0 Å². The lowest BCUT2D eigenvalue weighted by molar-refractivity contribution is 0.477. The Balaban J connectivity index is 0.00000320. The third-order valence-corrected chi connectivity index (χ3v) is 6.88. The van der Waals surface area contributed by atoms with Crippen LogP contribution in [-0.4, -0.2) is 60.1 Å². The third kappa shape index (κ3) is 6.14. The van der Waals surface area contributed by atoms with Crippen LogP contribution >= 0.6 is 24.0 Å². The minimum Gasteiger partial charge on any atom is -0.355 e. The van der Waals surface area contributed by atoms with Crippen LogP contribution in [0, 0.1) is 0 Å². The molecule has 2 N–H and O–H groups in total. The monoisotopic (exact) mass is 547 g/mol. The van der Waals surface area contributed by atoms with Crippen molar-refractivity contribution in [2.45, 2.75) is 44.2 Å². The Hall–Kier alpha value is -1.73. The maximum absolute atomic E-state index is 12.6. The van der Waals surface area contributed by atoms with Gasteiger partial charge in [-0.2, -0.15) is 4.31 Å². The predicted molar refractivity (Wildman–Crippen MR) is 127 cm³/mol. The predicted octanol–water partition coefficient (Wildman–Crippen LogP) is 1.61. The number of hydrogen-bond acceptors (Lipinski definition) is 5. The van der Waals surface area contributed by atoms with E-state index in [-0.39, 0.29) is 24.0 Å². The Kier molecular flexibility index (Phi) is 9.49. The highest BCUT2D eigenvalue weighted by atomic mass is 127. The molecular formula is C19H30IN7O2S. The second kappa shape index (κ2) is 11.6. The maximum atomic E-state index is 12.6. The number of aryl methyl sites for hydroxylation is 1. The van der Waals surface area contributed by atoms with Crippen LogP contribution in [0.4, 0.5) is 0 Å². The van der Waals surface area contributed by atoms with E-state index >= 15 is 0 Å². The molecule has 0 atom stereocenters. The van der Waals surface area contributed by atoms with Crippen molar-refractivity contribution in [1.29, 1.82) is 0 Å². The molecule has 1 saturated heterocycles. The molecule has 0 saturated carbocycles. The largest absolute Gasteiger partial charge is 0.355 e. The molecule has 2 aromatic rings. The average molecular weight is 547 g/mol. The first-order valence-corrected chi connectivity index (χ1v) is 11.4. The fourth-order valence-electron chi connectivity index (χ4n) is 3.30. The highest BCUT2D eigenvalue weighted by Gasteiger charge is 2.26. The molecule has 1 aromatic heterocycles. The summed E-state index contributed by atoms with van der Waals surface area (Å²) in [5, 5.41) is 14.5. The summed E-state index contributed by atoms with van der Waals surface area (Å²) in [4.78, 5) is 4.58. The van der Waals surface area contributed by atoms with Gasteiger partial charge in [-0.05, 0) is 30.5 Å². The fraction of sp³-hybridized carbons (Fsp3) is 0.526. The normalized spacial score (nSPS) is 15.1. The second-order valence-corrected chi connectivity index (χ2v) is 8.84. The quantitative estimate of drug-likeness (QED) is 0.296. The molecular weight excluding hydrogens is 517 g/mol. The van der Waals surface area contributed by atoms with Crippen molar-refractivity contribution in [2.75, 3.05) is 26.7 Å². The number of benzene rings is 1. The van der Waals surface area contributed by atoms with Crippen LogP contribution in [-0.2, 0) is 29.5 Å². The lowest BCUT2D eigenvalue weighted by Crippen LogP contribution is -2.38. The number of guanidine groups is 1. The molecule has 0 bridgehead atoms. The van der Waals surface area contributed by atoms with E-state index in [0.29, 0.717) is 37.0 Å². The van der Waals surface area contributed by atoms with E-state index in [2.05, 4.69) is 32.7 Å². The standard InChI is InChI=1S/C19H29N7O2S.HI/c1-3-18-24-23-15-25(18)13-10-21-19(20-2)22-14-16-6-8-17(9-7-16)29(27,28)26-11-4-5-12-26;/h6-9,15H,3-5,10-14H2,1-2H3,(H2,20,21,22);1H. The molecule has 1 aromatic carbocycles. The van der Waals surface area contributed by atoms with Crippen LogP contribution in [0.2, 0.25) is 0 Å². The van der Waals surface area contributed by atoms with Crippen LogP contribution in [0.3, 0.4) is 0 Å². The maximum Gasteiger partial charge on any atom is 0.243 e. The third-order valence-electron chi connectivity index (χ3n) is 4.97. The number of hydrogen-bond donors (Lipinski definition) is 2. The van der Waals surface area contributed by atoms with Gasteiger partial charge in [0.1, 0.15) is 12.2 Å². The molecule has 2 heterocycles. The van der Waals surface area contributed by atoms with E-state index in [1.54, 1.807) is 29.8 Å². The molecule has 0 spiro atoms. The van der Waals surface area contributed by atoms with Crippen molar-refractivity contribution >= 4 is 40.0 Å². The summed E-state index contributed by atoms with van der Waals surface area (Å²) in [7, 11) is -1.65. The summed E-state index contributed by atoms with van der Waals surface area (Å²) in [6.07, 6.45) is 4.44. The summed E-state index contributed by atoms with van der Waals surface area (Å²) >= 11 is 0. The first-order chi connectivity index (χ1) is 14.0. The molecule has 1 aliphatic rings. The van der Waals surface area contributed by atoms with Gasteiger partial charge >= 0.3 is 0 Å². The van der Waals surface area contributed by atoms with Crippen LogP contribution in [0.1, 0.15) is 31.2 Å². The number of nitrogens with one attached hydrogen (secondary N) is 2. The summed E-state index contributed by atoms with van der Waals surface area (Å²) in [6, 6.07) is 7.04. The second-order valence-electron chi connectivity index (χ2n) is 6.90. The van der Waals surface area contributed by atoms with Crippen LogP contribution < -0.4 is 10.6 Å². The molecule has 3 rings (SSSR count). The topological polar surface area (TPSA) is 105 Å². The molecule has 1 fully saturated rings. The zero-order valence-corrected chi connectivity index (χ0v) is 20.6. The molecule has 166 valence electrons. The highest BCUT2D eigenvalue weighted by molar-refractivity contribution is 14.0. The highest BCUT2D eigenvalue weighted by Crippen LogP contribution is 2.21. The Morgan fingerprint density at radius 3 is 2.50 bits per heavy atom. The van der Waals surface area contributed by atoms with E-state index in [9.17, 15) is 8.42 Å². The van der Waals surface area contributed by atoms with Crippen LogP contribution in [0.5, 0.6) is 0 Å². The minimum absolute atomic E-state index is 0. The summed E-state index contributed by atoms with van der Waals surface area (Å²) in [6.45, 7) is 5.27. The number of rotatable bonds is 8. The zero-order valence-electron chi connectivity index (χ0n) is 17.4. The fourth-order valence-corrected chi connectivity index (χ4v) is 4.81. The SMILES string of the molecule is CCc1nncn1CCNC(=NC)NCc1ccc(S(=O)(=O)N2CCCC2)cc1.I. The average Bonchev–Trinajstić information content (AvgIpc) is 3.43. The molecule has 0 aliphatic carbocycles. The van der Waals surface area contributed by atoms with E-state index in [0.717, 1.165) is 37.2 Å². The number of nitrogens with zero attached hydrogens (tertiary/aromatic N) is 5. The Bertz CT molecular complexity index is 923. The van der Waals surface area contributed by atoms with Crippen molar-refractivity contribution in [3.63, 3.8) is 0 Å². The smallest absolute Gasteiger partial charge is 0.243 e. The molecule has 30 heavy (non-hydrogen) atoms. The van der Waals surface area contributed by atoms with Gasteiger partial charge in [-0.25, -0.2) is 8.42 Å². The van der Waals surface area contributed by atoms with Crippen LogP contribution in [0.25, 0.3) is 0 Å². The zero-order chi connectivity index (χ0) is 20.7. The molecule has 1 aliphatic heterocycles. The van der Waals surface area contributed by atoms with Crippen molar-refractivity contribution in [3.8, 4) is 0 Å². The molecule has 0 amide bonds. The summed E-state index contributed by atoms with van der Waals surface area (Å²) in [5.41, 5.74) is 0.986. The number of halogens is 1. The van der Waals surface area contributed by atoms with Gasteiger partial charge in [0.25, 0.3) is 0 Å². The van der Waals surface area contributed by atoms with E-state index in [1.807, 2.05) is 16.7 Å². The van der Waals surface area contributed by atoms with Gasteiger partial charge in [0.15, 0.2) is 5.96 Å².